The van der Waals surface area contributed by atoms with Crippen LogP contribution in [0.25, 0.3) is 0 Å². The highest BCUT2D eigenvalue weighted by Crippen LogP contribution is 2.29. The Hall–Kier alpha value is -0.580. The number of hydrogen-bond donors (Lipinski definition) is 1. The summed E-state index contributed by atoms with van der Waals surface area (Å²) < 4.78 is 12.1. The van der Waals surface area contributed by atoms with Gasteiger partial charge in [-0.05, 0) is 52.4 Å². The lowest BCUT2D eigenvalue weighted by Crippen LogP contribution is -2.21. The Morgan fingerprint density at radius 2 is 2.16 bits per heavy atom. The maximum atomic E-state index is 5.61. The number of benzene rings is 1. The summed E-state index contributed by atoms with van der Waals surface area (Å²) in [4.78, 5) is 0. The van der Waals surface area contributed by atoms with E-state index < -0.39 is 0 Å². The fourth-order valence-corrected chi connectivity index (χ4v) is 2.24. The Balaban J connectivity index is 1.76. The Morgan fingerprint density at radius 3 is 2.79 bits per heavy atom. The summed E-state index contributed by atoms with van der Waals surface area (Å²) in [5.74, 6) is 1.61. The molecule has 0 heterocycles. The molecule has 1 fully saturated rings. The Kier molecular flexibility index (Phi) is 5.67. The van der Waals surface area contributed by atoms with Gasteiger partial charge < -0.3 is 14.8 Å². The average molecular weight is 328 g/mol. The molecule has 19 heavy (non-hydrogen) atoms. The van der Waals surface area contributed by atoms with Crippen LogP contribution in [0.1, 0.15) is 32.3 Å². The molecule has 106 valence electrons. The van der Waals surface area contributed by atoms with Crippen LogP contribution in [0.4, 0.5) is 0 Å². The second-order valence-corrected chi connectivity index (χ2v) is 6.23. The minimum Gasteiger partial charge on any atom is -0.466 e. The Bertz CT molecular complexity index is 405. The third-order valence-electron chi connectivity index (χ3n) is 3.06. The summed E-state index contributed by atoms with van der Waals surface area (Å²) in [6.07, 6.45) is 2.61. The van der Waals surface area contributed by atoms with E-state index in [9.17, 15) is 0 Å². The largest absolute Gasteiger partial charge is 0.466 e. The van der Waals surface area contributed by atoms with Crippen molar-refractivity contribution in [2.24, 2.45) is 5.92 Å². The lowest BCUT2D eigenvalue weighted by molar-refractivity contribution is 0.00956. The van der Waals surface area contributed by atoms with E-state index in [2.05, 4.69) is 47.2 Å². The van der Waals surface area contributed by atoms with Crippen LogP contribution in [0.5, 0.6) is 5.75 Å². The van der Waals surface area contributed by atoms with Gasteiger partial charge in [0.1, 0.15) is 5.75 Å². The van der Waals surface area contributed by atoms with Crippen LogP contribution < -0.4 is 10.1 Å². The molecular formula is C15H22BrNO2. The van der Waals surface area contributed by atoms with Crippen molar-refractivity contribution in [1.82, 2.24) is 5.32 Å². The van der Waals surface area contributed by atoms with Gasteiger partial charge in [0.15, 0.2) is 6.79 Å². The van der Waals surface area contributed by atoms with Crippen LogP contribution in [-0.4, -0.2) is 19.4 Å². The van der Waals surface area contributed by atoms with Crippen LogP contribution in [0.2, 0.25) is 0 Å². The van der Waals surface area contributed by atoms with Crippen molar-refractivity contribution in [3.63, 3.8) is 0 Å². The van der Waals surface area contributed by atoms with Crippen molar-refractivity contribution in [3.8, 4) is 5.75 Å². The first-order chi connectivity index (χ1) is 9.15. The molecule has 0 aliphatic heterocycles. The molecular weight excluding hydrogens is 306 g/mol. The van der Waals surface area contributed by atoms with Gasteiger partial charge in [0.25, 0.3) is 0 Å². The second kappa shape index (κ2) is 7.27. The van der Waals surface area contributed by atoms with Crippen LogP contribution in [0, 0.1) is 5.92 Å². The van der Waals surface area contributed by atoms with Gasteiger partial charge in [0.05, 0.1) is 11.1 Å². The molecule has 0 unspecified atom stereocenters. The molecule has 4 heteroatoms. The number of hydrogen-bond acceptors (Lipinski definition) is 3. The van der Waals surface area contributed by atoms with Crippen molar-refractivity contribution in [2.45, 2.75) is 39.3 Å². The highest BCUT2D eigenvalue weighted by Gasteiger charge is 2.21. The molecule has 0 radical (unpaired) electrons. The van der Waals surface area contributed by atoms with E-state index in [0.717, 1.165) is 29.3 Å². The van der Waals surface area contributed by atoms with Gasteiger partial charge in [0.2, 0.25) is 0 Å². The molecule has 1 aromatic rings. The van der Waals surface area contributed by atoms with E-state index in [1.807, 2.05) is 6.07 Å². The normalized spacial score (nSPS) is 14.9. The molecule has 1 saturated carbocycles. The minimum absolute atomic E-state index is 0.332. The molecule has 0 amide bonds. The van der Waals surface area contributed by atoms with Gasteiger partial charge in [-0.3, -0.25) is 0 Å². The Morgan fingerprint density at radius 1 is 1.37 bits per heavy atom. The molecule has 2 rings (SSSR count). The predicted octanol–water partition coefficient (Wildman–Crippen LogP) is 3.71. The zero-order valence-corrected chi connectivity index (χ0v) is 13.2. The number of ether oxygens (including phenoxy) is 2. The van der Waals surface area contributed by atoms with E-state index in [0.29, 0.717) is 12.8 Å². The summed E-state index contributed by atoms with van der Waals surface area (Å²) in [5.41, 5.74) is 1.24. The van der Waals surface area contributed by atoms with Gasteiger partial charge in [0, 0.05) is 12.6 Å². The van der Waals surface area contributed by atoms with Crippen LogP contribution >= 0.6 is 15.9 Å². The second-order valence-electron chi connectivity index (χ2n) is 5.38. The first-order valence-electron chi connectivity index (χ1n) is 6.87. The SMILES string of the molecule is CC(C)NCc1ccc(OCOCC2CC2)c(Br)c1. The number of nitrogens with one attached hydrogen (secondary N) is 1. The fraction of sp³-hybridized carbons (Fsp3) is 0.600. The molecule has 1 aromatic carbocycles. The van der Waals surface area contributed by atoms with Gasteiger partial charge in [-0.25, -0.2) is 0 Å². The first kappa shape index (κ1) is 14.8. The van der Waals surface area contributed by atoms with E-state index in [1.165, 1.54) is 18.4 Å². The highest BCUT2D eigenvalue weighted by atomic mass is 79.9. The fourth-order valence-electron chi connectivity index (χ4n) is 1.70. The third-order valence-corrected chi connectivity index (χ3v) is 3.68. The molecule has 1 aliphatic carbocycles. The highest BCUT2D eigenvalue weighted by molar-refractivity contribution is 9.10. The van der Waals surface area contributed by atoms with Gasteiger partial charge in [-0.1, -0.05) is 19.9 Å². The topological polar surface area (TPSA) is 30.5 Å². The summed E-state index contributed by atoms with van der Waals surface area (Å²) >= 11 is 3.54. The lowest BCUT2D eigenvalue weighted by atomic mass is 10.2. The van der Waals surface area contributed by atoms with Gasteiger partial charge in [-0.2, -0.15) is 0 Å². The Labute approximate surface area is 123 Å². The average Bonchev–Trinajstić information content (AvgIpc) is 3.18. The van der Waals surface area contributed by atoms with Gasteiger partial charge >= 0.3 is 0 Å². The number of rotatable bonds is 8. The molecule has 0 saturated heterocycles. The molecule has 0 aromatic heterocycles. The summed E-state index contributed by atoms with van der Waals surface area (Å²) in [6.45, 7) is 6.31. The predicted molar refractivity (Wildman–Crippen MR) is 80.3 cm³/mol. The third kappa shape index (κ3) is 5.51. The molecule has 0 bridgehead atoms. The zero-order valence-electron chi connectivity index (χ0n) is 11.6. The maximum absolute atomic E-state index is 5.61. The maximum Gasteiger partial charge on any atom is 0.189 e. The van der Waals surface area contributed by atoms with Crippen molar-refractivity contribution < 1.29 is 9.47 Å². The summed E-state index contributed by atoms with van der Waals surface area (Å²) in [6, 6.07) is 6.65. The molecule has 3 nitrogen and oxygen atoms in total. The molecule has 0 spiro atoms. The molecule has 1 aliphatic rings. The lowest BCUT2D eigenvalue weighted by Gasteiger charge is -2.11. The zero-order chi connectivity index (χ0) is 13.7. The quantitative estimate of drug-likeness (QED) is 0.583. The van der Waals surface area contributed by atoms with E-state index in [1.54, 1.807) is 0 Å². The van der Waals surface area contributed by atoms with Crippen LogP contribution in [0.15, 0.2) is 22.7 Å². The van der Waals surface area contributed by atoms with Crippen molar-refractivity contribution >= 4 is 15.9 Å². The van der Waals surface area contributed by atoms with Crippen LogP contribution in [-0.2, 0) is 11.3 Å². The summed E-state index contributed by atoms with van der Waals surface area (Å²) in [7, 11) is 0. The van der Waals surface area contributed by atoms with E-state index in [-0.39, 0.29) is 0 Å². The standard InChI is InChI=1S/C15H22BrNO2/c1-11(2)17-8-13-5-6-15(14(16)7-13)19-10-18-9-12-3-4-12/h5-7,11-12,17H,3-4,8-10H2,1-2H3. The van der Waals surface area contributed by atoms with Crippen molar-refractivity contribution in [1.29, 1.82) is 0 Å². The minimum atomic E-state index is 0.332. The van der Waals surface area contributed by atoms with E-state index in [4.69, 9.17) is 9.47 Å². The van der Waals surface area contributed by atoms with E-state index >= 15 is 0 Å². The smallest absolute Gasteiger partial charge is 0.189 e. The van der Waals surface area contributed by atoms with Crippen molar-refractivity contribution in [3.05, 3.63) is 28.2 Å². The van der Waals surface area contributed by atoms with Crippen LogP contribution in [0.3, 0.4) is 0 Å². The first-order valence-corrected chi connectivity index (χ1v) is 7.67. The summed E-state index contributed by atoms with van der Waals surface area (Å²) in [5, 5.41) is 3.39. The molecule has 0 atom stereocenters. The van der Waals surface area contributed by atoms with Gasteiger partial charge in [-0.15, -0.1) is 0 Å². The molecule has 1 N–H and O–H groups in total. The monoisotopic (exact) mass is 327 g/mol. The van der Waals surface area contributed by atoms with Crippen molar-refractivity contribution in [2.75, 3.05) is 13.4 Å². The number of halogens is 1.